The zero-order valence-electron chi connectivity index (χ0n) is 14.6. The molecule has 1 amide bonds. The summed E-state index contributed by atoms with van der Waals surface area (Å²) in [6, 6.07) is 3.82. The molecule has 0 N–H and O–H groups in total. The summed E-state index contributed by atoms with van der Waals surface area (Å²) in [7, 11) is 0. The van der Waals surface area contributed by atoms with E-state index in [-0.39, 0.29) is 18.3 Å². The van der Waals surface area contributed by atoms with Crippen molar-refractivity contribution < 1.29 is 14.3 Å². The highest BCUT2D eigenvalue weighted by Gasteiger charge is 2.22. The lowest BCUT2D eigenvalue weighted by Crippen LogP contribution is -2.34. The minimum atomic E-state index is -0.248. The first-order valence-electron chi connectivity index (χ1n) is 9.01. The second kappa shape index (κ2) is 10.1. The van der Waals surface area contributed by atoms with Gasteiger partial charge < -0.3 is 9.64 Å². The summed E-state index contributed by atoms with van der Waals surface area (Å²) in [5.41, 5.74) is 1.03. The molecule has 5 nitrogen and oxygen atoms in total. The molecule has 0 saturated heterocycles. The predicted molar refractivity (Wildman–Crippen MR) is 92.1 cm³/mol. The maximum atomic E-state index is 12.7. The third-order valence-corrected chi connectivity index (χ3v) is 4.55. The Kier molecular flexibility index (Phi) is 7.72. The Bertz CT molecular complexity index is 513. The number of aromatic nitrogens is 1. The molecular weight excluding hydrogens is 304 g/mol. The number of rotatable bonds is 8. The fraction of sp³-hybridized carbons (Fsp3) is 0.632. The Morgan fingerprint density at radius 3 is 2.58 bits per heavy atom. The number of hydrogen-bond acceptors (Lipinski definition) is 4. The molecule has 1 aromatic rings. The molecule has 1 heterocycles. The predicted octanol–water partition coefficient (Wildman–Crippen LogP) is 3.33. The van der Waals surface area contributed by atoms with E-state index in [1.54, 1.807) is 24.2 Å². The van der Waals surface area contributed by atoms with Crippen LogP contribution in [-0.4, -0.2) is 34.9 Å². The van der Waals surface area contributed by atoms with Crippen LogP contribution in [0.15, 0.2) is 24.5 Å². The van der Waals surface area contributed by atoms with E-state index < -0.39 is 0 Å². The van der Waals surface area contributed by atoms with Crippen molar-refractivity contribution in [1.82, 2.24) is 9.88 Å². The fourth-order valence-corrected chi connectivity index (χ4v) is 3.23. The molecule has 0 spiro atoms. The van der Waals surface area contributed by atoms with Gasteiger partial charge in [-0.25, -0.2) is 0 Å². The van der Waals surface area contributed by atoms with Crippen LogP contribution in [-0.2, 0) is 20.9 Å². The SMILES string of the molecule is CCOC(=O)CCN(Cc1ccncc1)C(=O)CC1CCCCC1. The Morgan fingerprint density at radius 2 is 1.92 bits per heavy atom. The fourth-order valence-electron chi connectivity index (χ4n) is 3.23. The number of amides is 1. The lowest BCUT2D eigenvalue weighted by atomic mass is 9.86. The zero-order chi connectivity index (χ0) is 17.2. The monoisotopic (exact) mass is 332 g/mol. The van der Waals surface area contributed by atoms with E-state index >= 15 is 0 Å². The van der Waals surface area contributed by atoms with Crippen molar-refractivity contribution in [2.45, 2.75) is 58.4 Å². The van der Waals surface area contributed by atoms with Gasteiger partial charge in [-0.3, -0.25) is 14.6 Å². The van der Waals surface area contributed by atoms with Crippen LogP contribution in [0.3, 0.4) is 0 Å². The van der Waals surface area contributed by atoms with Crippen LogP contribution in [0.5, 0.6) is 0 Å². The largest absolute Gasteiger partial charge is 0.466 e. The number of nitrogens with zero attached hydrogens (tertiary/aromatic N) is 2. The standard InChI is InChI=1S/C19H28N2O3/c1-2-24-19(23)10-13-21(15-17-8-11-20-12-9-17)18(22)14-16-6-4-3-5-7-16/h8-9,11-12,16H,2-7,10,13-15H2,1H3. The molecule has 0 aromatic carbocycles. The van der Waals surface area contributed by atoms with Crippen molar-refractivity contribution in [3.8, 4) is 0 Å². The summed E-state index contributed by atoms with van der Waals surface area (Å²) in [5, 5.41) is 0. The van der Waals surface area contributed by atoms with Gasteiger partial charge in [0.05, 0.1) is 13.0 Å². The Hall–Kier alpha value is -1.91. The van der Waals surface area contributed by atoms with Crippen molar-refractivity contribution in [1.29, 1.82) is 0 Å². The van der Waals surface area contributed by atoms with E-state index in [1.165, 1.54) is 19.3 Å². The third-order valence-electron chi connectivity index (χ3n) is 4.55. The molecule has 24 heavy (non-hydrogen) atoms. The molecule has 2 rings (SSSR count). The topological polar surface area (TPSA) is 59.5 Å². The second-order valence-corrected chi connectivity index (χ2v) is 6.43. The van der Waals surface area contributed by atoms with Crippen molar-refractivity contribution in [3.05, 3.63) is 30.1 Å². The van der Waals surface area contributed by atoms with Crippen LogP contribution >= 0.6 is 0 Å². The third kappa shape index (κ3) is 6.30. The first-order chi connectivity index (χ1) is 11.7. The van der Waals surface area contributed by atoms with E-state index in [9.17, 15) is 9.59 Å². The van der Waals surface area contributed by atoms with Crippen LogP contribution in [0.25, 0.3) is 0 Å². The van der Waals surface area contributed by atoms with E-state index in [1.807, 2.05) is 12.1 Å². The normalized spacial score (nSPS) is 15.0. The minimum Gasteiger partial charge on any atom is -0.466 e. The number of hydrogen-bond donors (Lipinski definition) is 0. The number of esters is 1. The summed E-state index contributed by atoms with van der Waals surface area (Å²) in [4.78, 5) is 30.2. The van der Waals surface area contributed by atoms with Crippen LogP contribution in [0, 0.1) is 5.92 Å². The maximum Gasteiger partial charge on any atom is 0.307 e. The molecule has 1 aliphatic rings. The highest BCUT2D eigenvalue weighted by molar-refractivity contribution is 5.77. The van der Waals surface area contributed by atoms with Crippen molar-refractivity contribution >= 4 is 11.9 Å². The number of ether oxygens (including phenoxy) is 1. The number of carbonyl (C=O) groups is 2. The summed E-state index contributed by atoms with van der Waals surface area (Å²) >= 11 is 0. The van der Waals surface area contributed by atoms with Gasteiger partial charge in [0.2, 0.25) is 5.91 Å². The van der Waals surface area contributed by atoms with E-state index in [4.69, 9.17) is 4.74 Å². The second-order valence-electron chi connectivity index (χ2n) is 6.43. The zero-order valence-corrected chi connectivity index (χ0v) is 14.6. The molecule has 0 atom stereocenters. The van der Waals surface area contributed by atoms with Gasteiger partial charge in [0.1, 0.15) is 0 Å². The molecule has 0 unspecified atom stereocenters. The molecule has 0 radical (unpaired) electrons. The van der Waals surface area contributed by atoms with Crippen molar-refractivity contribution in [3.63, 3.8) is 0 Å². The van der Waals surface area contributed by atoms with Crippen molar-refractivity contribution in [2.75, 3.05) is 13.2 Å². The maximum absolute atomic E-state index is 12.7. The molecule has 132 valence electrons. The summed E-state index contributed by atoms with van der Waals surface area (Å²) < 4.78 is 4.99. The first-order valence-corrected chi connectivity index (χ1v) is 9.01. The van der Waals surface area contributed by atoms with E-state index in [2.05, 4.69) is 4.98 Å². The van der Waals surface area contributed by atoms with Gasteiger partial charge >= 0.3 is 5.97 Å². The molecular formula is C19H28N2O3. The molecule has 1 aliphatic carbocycles. The lowest BCUT2D eigenvalue weighted by Gasteiger charge is -2.27. The van der Waals surface area contributed by atoms with Gasteiger partial charge in [-0.05, 0) is 43.4 Å². The highest BCUT2D eigenvalue weighted by Crippen LogP contribution is 2.27. The Balaban J connectivity index is 1.94. The molecule has 0 aliphatic heterocycles. The quantitative estimate of drug-likeness (QED) is 0.685. The average molecular weight is 332 g/mol. The summed E-state index contributed by atoms with van der Waals surface area (Å²) in [6.45, 7) is 3.10. The van der Waals surface area contributed by atoms with Crippen molar-refractivity contribution in [2.24, 2.45) is 5.92 Å². The van der Waals surface area contributed by atoms with Gasteiger partial charge in [-0.1, -0.05) is 19.3 Å². The Morgan fingerprint density at radius 1 is 1.21 bits per heavy atom. The average Bonchev–Trinajstić information content (AvgIpc) is 2.60. The number of pyridine rings is 1. The summed E-state index contributed by atoms with van der Waals surface area (Å²) in [5.74, 6) is 0.388. The lowest BCUT2D eigenvalue weighted by molar-refractivity contribution is -0.144. The van der Waals surface area contributed by atoms with Crippen LogP contribution in [0.4, 0.5) is 0 Å². The Labute approximate surface area is 144 Å². The molecule has 1 aromatic heterocycles. The molecule has 5 heteroatoms. The smallest absolute Gasteiger partial charge is 0.307 e. The van der Waals surface area contributed by atoms with Gasteiger partial charge in [-0.2, -0.15) is 0 Å². The van der Waals surface area contributed by atoms with Crippen LogP contribution in [0.2, 0.25) is 0 Å². The summed E-state index contributed by atoms with van der Waals surface area (Å²) in [6.07, 6.45) is 10.3. The van der Waals surface area contributed by atoms with Crippen LogP contribution in [0.1, 0.15) is 57.4 Å². The van der Waals surface area contributed by atoms with Gasteiger partial charge in [-0.15, -0.1) is 0 Å². The molecule has 1 fully saturated rings. The van der Waals surface area contributed by atoms with Gasteiger partial charge in [0, 0.05) is 31.9 Å². The first kappa shape index (κ1) is 18.4. The van der Waals surface area contributed by atoms with Gasteiger partial charge in [0.15, 0.2) is 0 Å². The minimum absolute atomic E-state index is 0.142. The molecule has 0 bridgehead atoms. The molecule has 1 saturated carbocycles. The number of carbonyl (C=O) groups excluding carboxylic acids is 2. The highest BCUT2D eigenvalue weighted by atomic mass is 16.5. The van der Waals surface area contributed by atoms with Crippen LogP contribution < -0.4 is 0 Å². The van der Waals surface area contributed by atoms with E-state index in [0.29, 0.717) is 32.0 Å². The van der Waals surface area contributed by atoms with Gasteiger partial charge in [0.25, 0.3) is 0 Å². The van der Waals surface area contributed by atoms with E-state index in [0.717, 1.165) is 18.4 Å².